The number of halogens is 1. The summed E-state index contributed by atoms with van der Waals surface area (Å²) < 4.78 is 15.3. The number of amides is 1. The van der Waals surface area contributed by atoms with E-state index < -0.39 is 5.82 Å². The fraction of sp³-hybridized carbons (Fsp3) is 0.263. The first-order valence-electron chi connectivity index (χ1n) is 8.30. The van der Waals surface area contributed by atoms with Gasteiger partial charge in [0.05, 0.1) is 28.8 Å². The van der Waals surface area contributed by atoms with Crippen molar-refractivity contribution in [1.29, 1.82) is 5.26 Å². The second-order valence-electron chi connectivity index (χ2n) is 6.16. The quantitative estimate of drug-likeness (QED) is 0.771. The number of aromatic nitrogens is 3. The normalized spacial score (nSPS) is 12.0. The summed E-state index contributed by atoms with van der Waals surface area (Å²) in [4.78, 5) is 17.3. The molecule has 0 aliphatic rings. The van der Waals surface area contributed by atoms with Gasteiger partial charge >= 0.3 is 0 Å². The van der Waals surface area contributed by atoms with Gasteiger partial charge in [0.15, 0.2) is 5.65 Å². The van der Waals surface area contributed by atoms with Crippen LogP contribution in [0.1, 0.15) is 47.9 Å². The standard InChI is InChI=1S/C19H18FN5O/c1-4-12(3)25-18-16(10-22-25)15(7-11(2)23-18)19(26)24-14-5-6-17(20)13(8-14)9-21/h5-8,10,12H,4H2,1-3H3,(H,24,26). The zero-order valence-corrected chi connectivity index (χ0v) is 14.7. The van der Waals surface area contributed by atoms with Crippen molar-refractivity contribution in [3.05, 3.63) is 53.1 Å². The first-order chi connectivity index (χ1) is 12.4. The molecule has 0 radical (unpaired) electrons. The first kappa shape index (κ1) is 17.5. The van der Waals surface area contributed by atoms with Crippen LogP contribution in [0.25, 0.3) is 11.0 Å². The molecule has 1 aromatic carbocycles. The zero-order valence-electron chi connectivity index (χ0n) is 14.7. The molecule has 0 fully saturated rings. The van der Waals surface area contributed by atoms with Crippen LogP contribution in [0.15, 0.2) is 30.5 Å². The van der Waals surface area contributed by atoms with Crippen molar-refractivity contribution in [2.75, 3.05) is 5.32 Å². The third-order valence-electron chi connectivity index (χ3n) is 4.29. The maximum atomic E-state index is 13.4. The van der Waals surface area contributed by atoms with E-state index in [1.54, 1.807) is 18.3 Å². The lowest BCUT2D eigenvalue weighted by Gasteiger charge is -2.11. The molecule has 3 aromatic rings. The summed E-state index contributed by atoms with van der Waals surface area (Å²) in [5, 5.41) is 16.7. The van der Waals surface area contributed by atoms with E-state index in [1.165, 1.54) is 12.1 Å². The molecule has 2 aromatic heterocycles. The Morgan fingerprint density at radius 3 is 2.88 bits per heavy atom. The number of nitrogens with zero attached hydrogens (tertiary/aromatic N) is 4. The summed E-state index contributed by atoms with van der Waals surface area (Å²) in [6, 6.07) is 7.49. The molecule has 0 saturated heterocycles. The van der Waals surface area contributed by atoms with Crippen LogP contribution in [0.3, 0.4) is 0 Å². The van der Waals surface area contributed by atoms with Crippen molar-refractivity contribution in [3.63, 3.8) is 0 Å². The van der Waals surface area contributed by atoms with Gasteiger partial charge in [0.2, 0.25) is 0 Å². The summed E-state index contributed by atoms with van der Waals surface area (Å²) >= 11 is 0. The molecule has 1 amide bonds. The molecule has 1 atom stereocenters. The number of hydrogen-bond acceptors (Lipinski definition) is 4. The summed E-state index contributed by atoms with van der Waals surface area (Å²) in [6.45, 7) is 5.91. The Morgan fingerprint density at radius 2 is 2.19 bits per heavy atom. The van der Waals surface area contributed by atoms with Crippen molar-refractivity contribution < 1.29 is 9.18 Å². The van der Waals surface area contributed by atoms with Crippen LogP contribution >= 0.6 is 0 Å². The number of carbonyl (C=O) groups excluding carboxylic acids is 1. The molecule has 7 heteroatoms. The van der Waals surface area contributed by atoms with E-state index in [9.17, 15) is 9.18 Å². The number of anilines is 1. The topological polar surface area (TPSA) is 83.6 Å². The van der Waals surface area contributed by atoms with E-state index in [4.69, 9.17) is 5.26 Å². The fourth-order valence-electron chi connectivity index (χ4n) is 2.71. The molecule has 3 rings (SSSR count). The number of rotatable bonds is 4. The number of aryl methyl sites for hydroxylation is 1. The van der Waals surface area contributed by atoms with Crippen LogP contribution in [0.5, 0.6) is 0 Å². The average Bonchev–Trinajstić information content (AvgIpc) is 3.05. The number of hydrogen-bond donors (Lipinski definition) is 1. The molecule has 1 unspecified atom stereocenters. The lowest BCUT2D eigenvalue weighted by molar-refractivity contribution is 0.102. The number of carbonyl (C=O) groups is 1. The minimum atomic E-state index is -0.623. The van der Waals surface area contributed by atoms with Crippen molar-refractivity contribution >= 4 is 22.6 Å². The molecule has 0 aliphatic carbocycles. The third-order valence-corrected chi connectivity index (χ3v) is 4.29. The van der Waals surface area contributed by atoms with Crippen LogP contribution in [-0.4, -0.2) is 20.7 Å². The van der Waals surface area contributed by atoms with Gasteiger partial charge < -0.3 is 5.32 Å². The molecule has 1 N–H and O–H groups in total. The van der Waals surface area contributed by atoms with E-state index in [2.05, 4.69) is 22.3 Å². The Kier molecular flexibility index (Phi) is 4.67. The Labute approximate surface area is 150 Å². The second-order valence-corrected chi connectivity index (χ2v) is 6.16. The Balaban J connectivity index is 2.01. The van der Waals surface area contributed by atoms with E-state index in [1.807, 2.05) is 18.5 Å². The summed E-state index contributed by atoms with van der Waals surface area (Å²) in [6.07, 6.45) is 2.52. The van der Waals surface area contributed by atoms with Gasteiger partial charge in [-0.15, -0.1) is 0 Å². The predicted molar refractivity (Wildman–Crippen MR) is 96.3 cm³/mol. The van der Waals surface area contributed by atoms with Gasteiger partial charge in [-0.2, -0.15) is 10.4 Å². The predicted octanol–water partition coefficient (Wildman–Crippen LogP) is 3.97. The van der Waals surface area contributed by atoms with Crippen LogP contribution in [0, 0.1) is 24.1 Å². The van der Waals surface area contributed by atoms with E-state index in [0.29, 0.717) is 28.0 Å². The molecule has 6 nitrogen and oxygen atoms in total. The van der Waals surface area contributed by atoms with Crippen molar-refractivity contribution in [2.24, 2.45) is 0 Å². The first-order valence-corrected chi connectivity index (χ1v) is 8.30. The Bertz CT molecular complexity index is 1030. The van der Waals surface area contributed by atoms with Crippen LogP contribution in [0.2, 0.25) is 0 Å². The molecule has 0 spiro atoms. The van der Waals surface area contributed by atoms with Crippen molar-refractivity contribution in [2.45, 2.75) is 33.2 Å². The highest BCUT2D eigenvalue weighted by atomic mass is 19.1. The minimum Gasteiger partial charge on any atom is -0.322 e. The molecule has 0 aliphatic heterocycles. The lowest BCUT2D eigenvalue weighted by Crippen LogP contribution is -2.14. The van der Waals surface area contributed by atoms with Gasteiger partial charge in [-0.25, -0.2) is 14.1 Å². The summed E-state index contributed by atoms with van der Waals surface area (Å²) in [7, 11) is 0. The average molecular weight is 351 g/mol. The van der Waals surface area contributed by atoms with E-state index in [-0.39, 0.29) is 17.5 Å². The molecule has 0 bridgehead atoms. The van der Waals surface area contributed by atoms with E-state index >= 15 is 0 Å². The van der Waals surface area contributed by atoms with Gasteiger partial charge in [-0.05, 0) is 44.5 Å². The highest BCUT2D eigenvalue weighted by Gasteiger charge is 2.18. The highest BCUT2D eigenvalue weighted by Crippen LogP contribution is 2.23. The second kappa shape index (κ2) is 6.92. The number of benzene rings is 1. The SMILES string of the molecule is CCC(C)n1ncc2c(C(=O)Nc3ccc(F)c(C#N)c3)cc(C)nc21. The number of pyridine rings is 1. The van der Waals surface area contributed by atoms with E-state index in [0.717, 1.165) is 12.5 Å². The fourth-order valence-corrected chi connectivity index (χ4v) is 2.71. The van der Waals surface area contributed by atoms with Gasteiger partial charge in [-0.1, -0.05) is 6.92 Å². The molecular weight excluding hydrogens is 333 g/mol. The molecule has 0 saturated carbocycles. The molecule has 132 valence electrons. The Morgan fingerprint density at radius 1 is 1.42 bits per heavy atom. The van der Waals surface area contributed by atoms with Crippen LogP contribution < -0.4 is 5.32 Å². The number of nitriles is 1. The van der Waals surface area contributed by atoms with Crippen LogP contribution in [0.4, 0.5) is 10.1 Å². The molecular formula is C19H18FN5O. The van der Waals surface area contributed by atoms with Gasteiger partial charge in [0.25, 0.3) is 5.91 Å². The Hall–Kier alpha value is -3.27. The summed E-state index contributed by atoms with van der Waals surface area (Å²) in [5.41, 5.74) is 2.02. The number of fused-ring (bicyclic) bond motifs is 1. The smallest absolute Gasteiger partial charge is 0.256 e. The van der Waals surface area contributed by atoms with Gasteiger partial charge in [0.1, 0.15) is 11.9 Å². The lowest BCUT2D eigenvalue weighted by atomic mass is 10.1. The zero-order chi connectivity index (χ0) is 18.8. The highest BCUT2D eigenvalue weighted by molar-refractivity contribution is 6.12. The minimum absolute atomic E-state index is 0.122. The molecule has 2 heterocycles. The maximum absolute atomic E-state index is 13.4. The van der Waals surface area contributed by atoms with Crippen LogP contribution in [-0.2, 0) is 0 Å². The maximum Gasteiger partial charge on any atom is 0.256 e. The van der Waals surface area contributed by atoms with Gasteiger partial charge in [-0.3, -0.25) is 4.79 Å². The molecule has 26 heavy (non-hydrogen) atoms. The largest absolute Gasteiger partial charge is 0.322 e. The summed E-state index contributed by atoms with van der Waals surface area (Å²) in [5.74, 6) is -0.984. The monoisotopic (exact) mass is 351 g/mol. The van der Waals surface area contributed by atoms with Crippen molar-refractivity contribution in [1.82, 2.24) is 14.8 Å². The van der Waals surface area contributed by atoms with Crippen molar-refractivity contribution in [3.8, 4) is 6.07 Å². The number of nitrogens with one attached hydrogen (secondary N) is 1. The van der Waals surface area contributed by atoms with Gasteiger partial charge in [0, 0.05) is 11.4 Å². The third kappa shape index (κ3) is 3.14.